The first-order valence-corrected chi connectivity index (χ1v) is 10.4. The summed E-state index contributed by atoms with van der Waals surface area (Å²) in [5, 5.41) is 0.817. The lowest BCUT2D eigenvalue weighted by molar-refractivity contribution is 0.241. The van der Waals surface area contributed by atoms with E-state index in [0.29, 0.717) is 18.1 Å². The second-order valence-electron chi connectivity index (χ2n) is 6.74. The van der Waals surface area contributed by atoms with Gasteiger partial charge in [-0.3, -0.25) is 14.7 Å². The summed E-state index contributed by atoms with van der Waals surface area (Å²) in [5.74, 6) is 1.56. The first kappa shape index (κ1) is 18.8. The number of aromatic nitrogens is 5. The van der Waals surface area contributed by atoms with Crippen LogP contribution in [-0.4, -0.2) is 42.1 Å². The second kappa shape index (κ2) is 8.62. The molecule has 7 nitrogen and oxygen atoms in total. The molecule has 144 valence electrons. The molecule has 1 aliphatic heterocycles. The number of nitrogens with one attached hydrogen (secondary N) is 1. The molecule has 0 saturated carbocycles. The van der Waals surface area contributed by atoms with Crippen molar-refractivity contribution in [2.45, 2.75) is 38.0 Å². The third-order valence-corrected chi connectivity index (χ3v) is 5.66. The Morgan fingerprint density at radius 3 is 2.82 bits per heavy atom. The second-order valence-corrected chi connectivity index (χ2v) is 7.80. The minimum atomic E-state index is -0.0853. The van der Waals surface area contributed by atoms with Gasteiger partial charge in [0, 0.05) is 56.0 Å². The van der Waals surface area contributed by atoms with Gasteiger partial charge in [-0.1, -0.05) is 24.8 Å². The zero-order chi connectivity index (χ0) is 19.3. The van der Waals surface area contributed by atoms with Gasteiger partial charge in [-0.2, -0.15) is 0 Å². The molecule has 0 bridgehead atoms. The summed E-state index contributed by atoms with van der Waals surface area (Å²) in [6.45, 7) is 4.29. The molecular weight excluding hydrogens is 372 g/mol. The normalized spacial score (nSPS) is 14.0. The quantitative estimate of drug-likeness (QED) is 0.508. The van der Waals surface area contributed by atoms with Crippen LogP contribution in [0.4, 0.5) is 0 Å². The van der Waals surface area contributed by atoms with Gasteiger partial charge in [0.05, 0.1) is 11.3 Å². The van der Waals surface area contributed by atoms with E-state index >= 15 is 0 Å². The van der Waals surface area contributed by atoms with E-state index < -0.39 is 0 Å². The molecule has 4 rings (SSSR count). The van der Waals surface area contributed by atoms with Crippen molar-refractivity contribution in [2.75, 3.05) is 12.3 Å². The standard InChI is InChI=1S/C20H22N6OS/c1-2-9-28-20-22-10-14(11-23-20)12-26-8-6-16-15(13-26)19(27)25-18(24-16)17-5-3-4-7-21-17/h3-5,7,10-11H,2,6,8-9,12-13H2,1H3,(H,24,25,27). The lowest BCUT2D eigenvalue weighted by Crippen LogP contribution is -2.35. The van der Waals surface area contributed by atoms with Crippen LogP contribution >= 0.6 is 11.8 Å². The van der Waals surface area contributed by atoms with Crippen LogP contribution in [0.1, 0.15) is 30.2 Å². The average molecular weight is 395 g/mol. The maximum Gasteiger partial charge on any atom is 0.255 e. The molecule has 0 saturated heterocycles. The van der Waals surface area contributed by atoms with Crippen molar-refractivity contribution in [1.82, 2.24) is 29.8 Å². The molecule has 0 spiro atoms. The Hall–Kier alpha value is -2.58. The van der Waals surface area contributed by atoms with E-state index in [2.05, 4.69) is 36.7 Å². The van der Waals surface area contributed by atoms with Crippen LogP contribution in [0.5, 0.6) is 0 Å². The lowest BCUT2D eigenvalue weighted by atomic mass is 10.1. The molecule has 0 amide bonds. The van der Waals surface area contributed by atoms with E-state index in [4.69, 9.17) is 0 Å². The van der Waals surface area contributed by atoms with E-state index in [1.54, 1.807) is 18.0 Å². The molecule has 1 N–H and O–H groups in total. The van der Waals surface area contributed by atoms with Gasteiger partial charge in [-0.15, -0.1) is 0 Å². The van der Waals surface area contributed by atoms with Gasteiger partial charge in [0.15, 0.2) is 11.0 Å². The molecule has 3 aromatic rings. The number of fused-ring (bicyclic) bond motifs is 1. The predicted octanol–water partition coefficient (Wildman–Crippen LogP) is 2.68. The van der Waals surface area contributed by atoms with E-state index in [0.717, 1.165) is 53.7 Å². The van der Waals surface area contributed by atoms with Crippen molar-refractivity contribution in [1.29, 1.82) is 0 Å². The van der Waals surface area contributed by atoms with E-state index in [1.807, 2.05) is 30.6 Å². The third kappa shape index (κ3) is 4.28. The SMILES string of the molecule is CCCSc1ncc(CN2CCc3nc(-c4ccccn4)[nH]c(=O)c3C2)cn1. The van der Waals surface area contributed by atoms with Crippen LogP contribution in [0.25, 0.3) is 11.5 Å². The number of H-pyrrole nitrogens is 1. The highest BCUT2D eigenvalue weighted by Gasteiger charge is 2.22. The highest BCUT2D eigenvalue weighted by Crippen LogP contribution is 2.19. The number of hydrogen-bond donors (Lipinski definition) is 1. The summed E-state index contributed by atoms with van der Waals surface area (Å²) >= 11 is 1.67. The Morgan fingerprint density at radius 1 is 1.21 bits per heavy atom. The minimum Gasteiger partial charge on any atom is -0.305 e. The van der Waals surface area contributed by atoms with Crippen molar-refractivity contribution in [2.24, 2.45) is 0 Å². The van der Waals surface area contributed by atoms with Crippen molar-refractivity contribution in [3.8, 4) is 11.5 Å². The number of hydrogen-bond acceptors (Lipinski definition) is 7. The molecule has 8 heteroatoms. The Kier molecular flexibility index (Phi) is 5.78. The molecule has 0 aromatic carbocycles. The molecule has 0 unspecified atom stereocenters. The maximum absolute atomic E-state index is 12.6. The van der Waals surface area contributed by atoms with Gasteiger partial charge in [-0.05, 0) is 18.6 Å². The summed E-state index contributed by atoms with van der Waals surface area (Å²) in [6.07, 6.45) is 7.31. The van der Waals surface area contributed by atoms with Crippen molar-refractivity contribution >= 4 is 11.8 Å². The Morgan fingerprint density at radius 2 is 2.07 bits per heavy atom. The van der Waals surface area contributed by atoms with Gasteiger partial charge < -0.3 is 4.98 Å². The Balaban J connectivity index is 1.47. The summed E-state index contributed by atoms with van der Waals surface area (Å²) in [4.78, 5) is 35.5. The van der Waals surface area contributed by atoms with Crippen molar-refractivity contribution in [3.05, 3.63) is 64.0 Å². The molecule has 28 heavy (non-hydrogen) atoms. The fourth-order valence-electron chi connectivity index (χ4n) is 3.19. The Bertz CT molecular complexity index is 990. The molecule has 0 radical (unpaired) electrons. The first-order valence-electron chi connectivity index (χ1n) is 9.42. The summed E-state index contributed by atoms with van der Waals surface area (Å²) < 4.78 is 0. The number of nitrogens with zero attached hydrogens (tertiary/aromatic N) is 5. The summed E-state index contributed by atoms with van der Waals surface area (Å²) in [7, 11) is 0. The molecule has 0 atom stereocenters. The molecule has 4 heterocycles. The summed E-state index contributed by atoms with van der Waals surface area (Å²) in [5.41, 5.74) is 3.25. The predicted molar refractivity (Wildman–Crippen MR) is 109 cm³/mol. The maximum atomic E-state index is 12.6. The van der Waals surface area contributed by atoms with Crippen LogP contribution < -0.4 is 5.56 Å². The topological polar surface area (TPSA) is 87.7 Å². The highest BCUT2D eigenvalue weighted by molar-refractivity contribution is 7.99. The van der Waals surface area contributed by atoms with Crippen LogP contribution in [0, 0.1) is 0 Å². The fourth-order valence-corrected chi connectivity index (χ4v) is 3.83. The number of thioether (sulfide) groups is 1. The molecular formula is C20H22N6OS. The average Bonchev–Trinajstić information content (AvgIpc) is 2.74. The van der Waals surface area contributed by atoms with Crippen LogP contribution in [0.3, 0.4) is 0 Å². The van der Waals surface area contributed by atoms with Crippen molar-refractivity contribution in [3.63, 3.8) is 0 Å². The number of aromatic amines is 1. The number of pyridine rings is 1. The van der Waals surface area contributed by atoms with Gasteiger partial charge >= 0.3 is 0 Å². The van der Waals surface area contributed by atoms with Gasteiger partial charge in [0.1, 0.15) is 5.69 Å². The molecule has 1 aliphatic rings. The number of rotatable bonds is 6. The largest absolute Gasteiger partial charge is 0.305 e. The zero-order valence-corrected chi connectivity index (χ0v) is 16.6. The molecule has 0 fully saturated rings. The van der Waals surface area contributed by atoms with Crippen LogP contribution in [0.2, 0.25) is 0 Å². The first-order chi connectivity index (χ1) is 13.7. The fraction of sp³-hybridized carbons (Fsp3) is 0.350. The van der Waals surface area contributed by atoms with Crippen molar-refractivity contribution < 1.29 is 0 Å². The monoisotopic (exact) mass is 394 g/mol. The van der Waals surface area contributed by atoms with E-state index in [1.165, 1.54) is 0 Å². The summed E-state index contributed by atoms with van der Waals surface area (Å²) in [6, 6.07) is 5.58. The van der Waals surface area contributed by atoms with E-state index in [9.17, 15) is 4.79 Å². The minimum absolute atomic E-state index is 0.0853. The zero-order valence-electron chi connectivity index (χ0n) is 15.8. The smallest absolute Gasteiger partial charge is 0.255 e. The lowest BCUT2D eigenvalue weighted by Gasteiger charge is -2.27. The Labute approximate surface area is 167 Å². The van der Waals surface area contributed by atoms with Gasteiger partial charge in [0.2, 0.25) is 0 Å². The van der Waals surface area contributed by atoms with Crippen LogP contribution in [-0.2, 0) is 19.5 Å². The third-order valence-electron chi connectivity index (χ3n) is 4.58. The highest BCUT2D eigenvalue weighted by atomic mass is 32.2. The van der Waals surface area contributed by atoms with Gasteiger partial charge in [-0.25, -0.2) is 15.0 Å². The van der Waals surface area contributed by atoms with Gasteiger partial charge in [0.25, 0.3) is 5.56 Å². The van der Waals surface area contributed by atoms with Crippen LogP contribution in [0.15, 0.2) is 46.7 Å². The van der Waals surface area contributed by atoms with E-state index in [-0.39, 0.29) is 5.56 Å². The molecule has 0 aliphatic carbocycles. The molecule has 3 aromatic heterocycles.